The average Bonchev–Trinajstić information content (AvgIpc) is 3.25. The summed E-state index contributed by atoms with van der Waals surface area (Å²) in [7, 11) is 0. The second-order valence-electron chi connectivity index (χ2n) is 7.07. The average molecular weight is 545 g/mol. The van der Waals surface area contributed by atoms with Gasteiger partial charge < -0.3 is 4.74 Å². The Kier molecular flexibility index (Phi) is 6.93. The molecular weight excluding hydrogens is 529 g/mol. The van der Waals surface area contributed by atoms with Crippen molar-refractivity contribution in [2.24, 2.45) is 0 Å². The van der Waals surface area contributed by atoms with Crippen LogP contribution in [0.1, 0.15) is 26.5 Å². The highest BCUT2D eigenvalue weighted by Crippen LogP contribution is 2.27. The zero-order valence-corrected chi connectivity index (χ0v) is 20.4. The Morgan fingerprint density at radius 2 is 1.70 bits per heavy atom. The number of ketones is 1. The van der Waals surface area contributed by atoms with Crippen LogP contribution in [-0.4, -0.2) is 33.1 Å². The first-order valence-corrected chi connectivity index (χ1v) is 11.3. The van der Waals surface area contributed by atoms with Gasteiger partial charge >= 0.3 is 5.97 Å². The molecule has 1 heterocycles. The van der Waals surface area contributed by atoms with Gasteiger partial charge in [-0.3, -0.25) is 4.79 Å². The van der Waals surface area contributed by atoms with Crippen molar-refractivity contribution < 1.29 is 14.3 Å². The second-order valence-corrected chi connectivity index (χ2v) is 8.83. The van der Waals surface area contributed by atoms with Crippen LogP contribution in [-0.2, 0) is 4.74 Å². The molecule has 166 valence electrons. The SMILES string of the molecule is Cc1c(Cl)cccc1-n1nc(C(=O)OCC(=O)c2ccc(Cl)cc2)nc1-c1ccc(Br)cc1. The van der Waals surface area contributed by atoms with Crippen LogP contribution in [0.5, 0.6) is 0 Å². The molecule has 0 bridgehead atoms. The fraction of sp³-hybridized carbons (Fsp3) is 0.0833. The van der Waals surface area contributed by atoms with Gasteiger partial charge in [-0.2, -0.15) is 0 Å². The number of halogens is 3. The number of carbonyl (C=O) groups is 2. The Morgan fingerprint density at radius 3 is 2.39 bits per heavy atom. The molecule has 0 aliphatic rings. The number of aromatic nitrogens is 3. The van der Waals surface area contributed by atoms with E-state index in [4.69, 9.17) is 27.9 Å². The zero-order valence-electron chi connectivity index (χ0n) is 17.3. The molecule has 33 heavy (non-hydrogen) atoms. The highest BCUT2D eigenvalue weighted by atomic mass is 79.9. The molecule has 9 heteroatoms. The largest absolute Gasteiger partial charge is 0.451 e. The number of Topliss-reactive ketones (excluding diaryl/α,β-unsaturated/α-hetero) is 1. The molecule has 0 saturated heterocycles. The van der Waals surface area contributed by atoms with E-state index in [0.717, 1.165) is 15.6 Å². The summed E-state index contributed by atoms with van der Waals surface area (Å²) >= 11 is 15.6. The summed E-state index contributed by atoms with van der Waals surface area (Å²) in [6, 6.07) is 19.1. The molecular formula is C24H16BrCl2N3O3. The van der Waals surface area contributed by atoms with Crippen molar-refractivity contribution in [3.63, 3.8) is 0 Å². The van der Waals surface area contributed by atoms with Crippen LogP contribution in [0, 0.1) is 6.92 Å². The van der Waals surface area contributed by atoms with Crippen molar-refractivity contribution >= 4 is 50.9 Å². The van der Waals surface area contributed by atoms with E-state index >= 15 is 0 Å². The third-order valence-electron chi connectivity index (χ3n) is 4.86. The lowest BCUT2D eigenvalue weighted by Crippen LogP contribution is -2.15. The van der Waals surface area contributed by atoms with E-state index in [0.29, 0.717) is 27.1 Å². The minimum atomic E-state index is -0.811. The molecule has 0 aliphatic carbocycles. The molecule has 6 nitrogen and oxygen atoms in total. The first kappa shape index (κ1) is 23.2. The maximum absolute atomic E-state index is 12.7. The maximum atomic E-state index is 12.7. The molecule has 0 fully saturated rings. The quantitative estimate of drug-likeness (QED) is 0.209. The summed E-state index contributed by atoms with van der Waals surface area (Å²) in [6.07, 6.45) is 0. The molecule has 0 saturated carbocycles. The van der Waals surface area contributed by atoms with E-state index in [1.807, 2.05) is 37.3 Å². The summed E-state index contributed by atoms with van der Waals surface area (Å²) in [6.45, 7) is 1.41. The standard InChI is InChI=1S/C24H16BrCl2N3O3/c1-14-19(27)3-2-4-20(14)30-23(16-5-9-17(25)10-6-16)28-22(29-30)24(32)33-13-21(31)15-7-11-18(26)12-8-15/h2-12H,13H2,1H3. The Morgan fingerprint density at radius 1 is 1.00 bits per heavy atom. The molecule has 0 spiro atoms. The number of hydrogen-bond acceptors (Lipinski definition) is 5. The smallest absolute Gasteiger partial charge is 0.378 e. The predicted octanol–water partition coefficient (Wildman–Crippen LogP) is 6.35. The van der Waals surface area contributed by atoms with Crippen molar-refractivity contribution in [3.05, 3.63) is 98.2 Å². The van der Waals surface area contributed by atoms with Gasteiger partial charge in [0.1, 0.15) is 0 Å². The summed E-state index contributed by atoms with van der Waals surface area (Å²) in [4.78, 5) is 29.4. The van der Waals surface area contributed by atoms with Gasteiger partial charge in [0, 0.05) is 25.6 Å². The van der Waals surface area contributed by atoms with Gasteiger partial charge in [0.25, 0.3) is 5.82 Å². The fourth-order valence-corrected chi connectivity index (χ4v) is 3.65. The summed E-state index contributed by atoms with van der Waals surface area (Å²) < 4.78 is 7.64. The van der Waals surface area contributed by atoms with Crippen LogP contribution in [0.3, 0.4) is 0 Å². The van der Waals surface area contributed by atoms with E-state index in [1.165, 1.54) is 0 Å². The number of carbonyl (C=O) groups excluding carboxylic acids is 2. The van der Waals surface area contributed by atoms with Crippen molar-refractivity contribution in [2.45, 2.75) is 6.92 Å². The molecule has 4 rings (SSSR count). The highest BCUT2D eigenvalue weighted by Gasteiger charge is 2.22. The van der Waals surface area contributed by atoms with Gasteiger partial charge in [-0.05, 0) is 61.0 Å². The number of esters is 1. The molecule has 4 aromatic rings. The number of hydrogen-bond donors (Lipinski definition) is 0. The van der Waals surface area contributed by atoms with Crippen LogP contribution in [0.15, 0.2) is 71.2 Å². The molecule has 0 aliphatic heterocycles. The summed E-state index contributed by atoms with van der Waals surface area (Å²) in [5.41, 5.74) is 2.57. The van der Waals surface area contributed by atoms with E-state index < -0.39 is 12.6 Å². The highest BCUT2D eigenvalue weighted by molar-refractivity contribution is 9.10. The van der Waals surface area contributed by atoms with Crippen LogP contribution in [0.4, 0.5) is 0 Å². The number of nitrogens with zero attached hydrogens (tertiary/aromatic N) is 3. The Labute approximate surface area is 208 Å². The lowest BCUT2D eigenvalue weighted by atomic mass is 10.1. The first-order chi connectivity index (χ1) is 15.8. The summed E-state index contributed by atoms with van der Waals surface area (Å²) in [5.74, 6) is -0.910. The zero-order chi connectivity index (χ0) is 23.5. The minimum absolute atomic E-state index is 0.170. The summed E-state index contributed by atoms with van der Waals surface area (Å²) in [5, 5.41) is 5.44. The van der Waals surface area contributed by atoms with Gasteiger partial charge in [0.15, 0.2) is 18.2 Å². The van der Waals surface area contributed by atoms with Gasteiger partial charge in [-0.25, -0.2) is 14.5 Å². The second kappa shape index (κ2) is 9.87. The fourth-order valence-electron chi connectivity index (χ4n) is 3.09. The van der Waals surface area contributed by atoms with Crippen LogP contribution < -0.4 is 0 Å². The van der Waals surface area contributed by atoms with Gasteiger partial charge in [-0.1, -0.05) is 57.3 Å². The van der Waals surface area contributed by atoms with Crippen molar-refractivity contribution in [1.82, 2.24) is 14.8 Å². The molecule has 0 N–H and O–H groups in total. The van der Waals surface area contributed by atoms with E-state index in [-0.39, 0.29) is 11.6 Å². The first-order valence-electron chi connectivity index (χ1n) is 9.78. The van der Waals surface area contributed by atoms with Crippen molar-refractivity contribution in [2.75, 3.05) is 6.61 Å². The van der Waals surface area contributed by atoms with E-state index in [2.05, 4.69) is 26.0 Å². The monoisotopic (exact) mass is 543 g/mol. The topological polar surface area (TPSA) is 74.1 Å². The van der Waals surface area contributed by atoms with Crippen LogP contribution in [0.25, 0.3) is 17.1 Å². The third kappa shape index (κ3) is 5.16. The normalized spacial score (nSPS) is 10.8. The molecule has 0 atom stereocenters. The predicted molar refractivity (Wildman–Crippen MR) is 130 cm³/mol. The van der Waals surface area contributed by atoms with E-state index in [1.54, 1.807) is 41.1 Å². The van der Waals surface area contributed by atoms with Crippen molar-refractivity contribution in [1.29, 1.82) is 0 Å². The maximum Gasteiger partial charge on any atom is 0.378 e. The number of rotatable bonds is 6. The van der Waals surface area contributed by atoms with Crippen LogP contribution in [0.2, 0.25) is 10.0 Å². The van der Waals surface area contributed by atoms with E-state index in [9.17, 15) is 9.59 Å². The Bertz CT molecular complexity index is 1340. The lowest BCUT2D eigenvalue weighted by molar-refractivity contribution is 0.0462. The molecule has 0 amide bonds. The number of ether oxygens (including phenoxy) is 1. The van der Waals surface area contributed by atoms with Gasteiger partial charge in [-0.15, -0.1) is 5.10 Å². The van der Waals surface area contributed by atoms with Crippen molar-refractivity contribution in [3.8, 4) is 17.1 Å². The number of benzene rings is 3. The lowest BCUT2D eigenvalue weighted by Gasteiger charge is -2.10. The molecule has 1 aromatic heterocycles. The molecule has 0 unspecified atom stereocenters. The third-order valence-corrected chi connectivity index (χ3v) is 6.05. The Balaban J connectivity index is 1.65. The molecule has 3 aromatic carbocycles. The van der Waals surface area contributed by atoms with Gasteiger partial charge in [0.2, 0.25) is 0 Å². The molecule has 0 radical (unpaired) electrons. The Hall–Kier alpha value is -3.00. The van der Waals surface area contributed by atoms with Gasteiger partial charge in [0.05, 0.1) is 5.69 Å². The minimum Gasteiger partial charge on any atom is -0.451 e. The van der Waals surface area contributed by atoms with Crippen LogP contribution >= 0.6 is 39.1 Å².